The van der Waals surface area contributed by atoms with Gasteiger partial charge in [-0.1, -0.05) is 30.3 Å². The molecule has 0 aliphatic carbocycles. The van der Waals surface area contributed by atoms with Crippen LogP contribution in [0.25, 0.3) is 5.57 Å². The van der Waals surface area contributed by atoms with E-state index < -0.39 is 11.1 Å². The SMILES string of the molecule is CC1(C)C(C=O)=C(c2ccccc2)C(C)(C)N1[O]. The Bertz CT molecular complexity index is 500. The van der Waals surface area contributed by atoms with Gasteiger partial charge in [-0.25, -0.2) is 0 Å². The van der Waals surface area contributed by atoms with Crippen LogP contribution >= 0.6 is 0 Å². The molecule has 3 heteroatoms. The molecule has 0 spiro atoms. The van der Waals surface area contributed by atoms with Crippen molar-refractivity contribution >= 4 is 11.9 Å². The van der Waals surface area contributed by atoms with Crippen molar-refractivity contribution in [3.63, 3.8) is 0 Å². The van der Waals surface area contributed by atoms with E-state index in [1.54, 1.807) is 13.8 Å². The minimum atomic E-state index is -0.781. The Labute approximate surface area is 108 Å². The quantitative estimate of drug-likeness (QED) is 0.750. The summed E-state index contributed by atoms with van der Waals surface area (Å²) in [6, 6.07) is 9.64. The molecule has 1 aromatic carbocycles. The third kappa shape index (κ3) is 1.62. The highest BCUT2D eigenvalue weighted by molar-refractivity contribution is 5.95. The molecule has 0 saturated heterocycles. The number of carbonyl (C=O) groups excluding carboxylic acids is 1. The Morgan fingerprint density at radius 1 is 1.00 bits per heavy atom. The first-order valence-electron chi connectivity index (χ1n) is 6.06. The van der Waals surface area contributed by atoms with Gasteiger partial charge < -0.3 is 0 Å². The van der Waals surface area contributed by atoms with Gasteiger partial charge in [-0.05, 0) is 38.8 Å². The fourth-order valence-electron chi connectivity index (χ4n) is 2.86. The van der Waals surface area contributed by atoms with Crippen molar-refractivity contribution in [3.05, 3.63) is 41.5 Å². The van der Waals surface area contributed by atoms with E-state index in [-0.39, 0.29) is 0 Å². The lowest BCUT2D eigenvalue weighted by Gasteiger charge is -2.34. The van der Waals surface area contributed by atoms with Gasteiger partial charge in [0.25, 0.3) is 0 Å². The van der Waals surface area contributed by atoms with E-state index in [4.69, 9.17) is 0 Å². The molecule has 2 rings (SSSR count). The highest BCUT2D eigenvalue weighted by Gasteiger charge is 2.51. The lowest BCUT2D eigenvalue weighted by molar-refractivity contribution is -0.236. The zero-order valence-corrected chi connectivity index (χ0v) is 11.2. The van der Waals surface area contributed by atoms with Crippen molar-refractivity contribution in [2.45, 2.75) is 38.8 Å². The maximum atomic E-state index is 12.4. The molecule has 0 unspecified atom stereocenters. The predicted octanol–water partition coefficient (Wildman–Crippen LogP) is 2.86. The number of hydrogen-bond acceptors (Lipinski definition) is 2. The molecule has 1 aromatic rings. The highest BCUT2D eigenvalue weighted by atomic mass is 16.5. The second-order valence-corrected chi connectivity index (χ2v) is 5.68. The maximum absolute atomic E-state index is 12.4. The summed E-state index contributed by atoms with van der Waals surface area (Å²) in [7, 11) is 0. The summed E-state index contributed by atoms with van der Waals surface area (Å²) in [6.07, 6.45) is 0.821. The van der Waals surface area contributed by atoms with Gasteiger partial charge in [-0.3, -0.25) is 4.79 Å². The van der Waals surface area contributed by atoms with Gasteiger partial charge in [-0.2, -0.15) is 0 Å². The van der Waals surface area contributed by atoms with Crippen LogP contribution in [0.1, 0.15) is 33.3 Å². The van der Waals surface area contributed by atoms with Crippen molar-refractivity contribution in [1.82, 2.24) is 5.06 Å². The Morgan fingerprint density at radius 3 is 2.06 bits per heavy atom. The van der Waals surface area contributed by atoms with Crippen LogP contribution in [-0.2, 0) is 10.0 Å². The molecule has 0 atom stereocenters. The normalized spacial score (nSPS) is 22.3. The fraction of sp³-hybridized carbons (Fsp3) is 0.400. The summed E-state index contributed by atoms with van der Waals surface area (Å²) >= 11 is 0. The monoisotopic (exact) mass is 244 g/mol. The van der Waals surface area contributed by atoms with Gasteiger partial charge >= 0.3 is 0 Å². The number of aldehydes is 1. The molecule has 3 nitrogen and oxygen atoms in total. The third-order valence-corrected chi connectivity index (χ3v) is 3.74. The number of rotatable bonds is 2. The molecule has 1 radical (unpaired) electrons. The average molecular weight is 244 g/mol. The molecule has 1 aliphatic heterocycles. The maximum Gasteiger partial charge on any atom is 0.148 e. The van der Waals surface area contributed by atoms with E-state index in [0.29, 0.717) is 5.57 Å². The molecule has 0 aromatic heterocycles. The van der Waals surface area contributed by atoms with Gasteiger partial charge in [-0.15, -0.1) is 10.3 Å². The molecular weight excluding hydrogens is 226 g/mol. The molecule has 0 amide bonds. The van der Waals surface area contributed by atoms with Crippen LogP contribution in [0, 0.1) is 0 Å². The standard InChI is InChI=1S/C15H18NO2/c1-14(2)12(10-17)13(15(3,4)16(14)18)11-8-6-5-7-9-11/h5-10H,1-4H3. The van der Waals surface area contributed by atoms with Crippen LogP contribution in [0.15, 0.2) is 35.9 Å². The van der Waals surface area contributed by atoms with Gasteiger partial charge in [0.05, 0.1) is 11.1 Å². The molecule has 95 valence electrons. The topological polar surface area (TPSA) is 40.2 Å². The largest absolute Gasteiger partial charge is 0.298 e. The van der Waals surface area contributed by atoms with Crippen LogP contribution in [0.3, 0.4) is 0 Å². The summed E-state index contributed by atoms with van der Waals surface area (Å²) < 4.78 is 0. The number of carbonyl (C=O) groups is 1. The number of hydrogen-bond donors (Lipinski definition) is 0. The second-order valence-electron chi connectivity index (χ2n) is 5.68. The average Bonchev–Trinajstić information content (AvgIpc) is 2.47. The molecule has 0 N–H and O–H groups in total. The minimum absolute atomic E-state index is 0.578. The summed E-state index contributed by atoms with van der Waals surface area (Å²) in [6.45, 7) is 7.31. The van der Waals surface area contributed by atoms with Gasteiger partial charge in [0.2, 0.25) is 0 Å². The Balaban J connectivity index is 2.71. The van der Waals surface area contributed by atoms with Crippen LogP contribution in [0.4, 0.5) is 0 Å². The predicted molar refractivity (Wildman–Crippen MR) is 70.1 cm³/mol. The Hall–Kier alpha value is -1.45. The summed E-state index contributed by atoms with van der Waals surface area (Å²) in [5.41, 5.74) is 0.875. The van der Waals surface area contributed by atoms with E-state index in [1.807, 2.05) is 44.2 Å². The van der Waals surface area contributed by atoms with E-state index in [0.717, 1.165) is 22.5 Å². The van der Waals surface area contributed by atoms with Crippen LogP contribution in [0.2, 0.25) is 0 Å². The summed E-state index contributed by atoms with van der Waals surface area (Å²) in [5, 5.41) is 13.4. The Morgan fingerprint density at radius 2 is 1.56 bits per heavy atom. The third-order valence-electron chi connectivity index (χ3n) is 3.74. The van der Waals surface area contributed by atoms with Crippen molar-refractivity contribution in [2.75, 3.05) is 0 Å². The summed E-state index contributed by atoms with van der Waals surface area (Å²) in [5.74, 6) is 0. The van der Waals surface area contributed by atoms with Crippen LogP contribution in [-0.4, -0.2) is 22.4 Å². The Kier molecular flexibility index (Phi) is 2.92. The number of benzene rings is 1. The van der Waals surface area contributed by atoms with Crippen molar-refractivity contribution in [3.8, 4) is 0 Å². The lowest BCUT2D eigenvalue weighted by Crippen LogP contribution is -2.47. The first kappa shape index (κ1) is 13.0. The van der Waals surface area contributed by atoms with Crippen molar-refractivity contribution in [1.29, 1.82) is 0 Å². The molecular formula is C15H18NO2. The zero-order valence-electron chi connectivity index (χ0n) is 11.2. The van der Waals surface area contributed by atoms with Crippen LogP contribution < -0.4 is 0 Å². The molecule has 1 aliphatic rings. The number of nitrogens with zero attached hydrogens (tertiary/aromatic N) is 1. The van der Waals surface area contributed by atoms with Gasteiger partial charge in [0.1, 0.15) is 6.29 Å². The molecule has 0 bridgehead atoms. The van der Waals surface area contributed by atoms with E-state index in [9.17, 15) is 10.0 Å². The fourth-order valence-corrected chi connectivity index (χ4v) is 2.86. The molecule has 0 saturated carbocycles. The molecule has 0 fully saturated rings. The first-order valence-corrected chi connectivity index (χ1v) is 6.06. The first-order chi connectivity index (χ1) is 8.33. The zero-order chi connectivity index (χ0) is 13.6. The smallest absolute Gasteiger partial charge is 0.148 e. The second kappa shape index (κ2) is 4.04. The van der Waals surface area contributed by atoms with Crippen molar-refractivity contribution in [2.24, 2.45) is 0 Å². The van der Waals surface area contributed by atoms with Gasteiger partial charge in [0, 0.05) is 5.57 Å². The van der Waals surface area contributed by atoms with E-state index >= 15 is 0 Å². The van der Waals surface area contributed by atoms with Crippen LogP contribution in [0.5, 0.6) is 0 Å². The van der Waals surface area contributed by atoms with E-state index in [1.165, 1.54) is 0 Å². The van der Waals surface area contributed by atoms with E-state index in [2.05, 4.69) is 0 Å². The minimum Gasteiger partial charge on any atom is -0.298 e. The highest BCUT2D eigenvalue weighted by Crippen LogP contribution is 2.47. The lowest BCUT2D eigenvalue weighted by atomic mass is 9.86. The molecule has 1 heterocycles. The number of hydroxylamine groups is 2. The summed E-state index contributed by atoms with van der Waals surface area (Å²) in [4.78, 5) is 11.4. The van der Waals surface area contributed by atoms with Gasteiger partial charge in [0.15, 0.2) is 0 Å². The molecule has 18 heavy (non-hydrogen) atoms. The van der Waals surface area contributed by atoms with Crippen molar-refractivity contribution < 1.29 is 10.0 Å².